The molecular formula is C14H11BrO4. The Morgan fingerprint density at radius 2 is 2.00 bits per heavy atom. The topological polar surface area (TPSA) is 52.6 Å². The Morgan fingerprint density at radius 3 is 2.74 bits per heavy atom. The quantitative estimate of drug-likeness (QED) is 0.779. The molecule has 0 N–H and O–H groups in total. The predicted molar refractivity (Wildman–Crippen MR) is 68.6 cm³/mol. The lowest BCUT2D eigenvalue weighted by molar-refractivity contribution is -0.153. The van der Waals surface area contributed by atoms with Gasteiger partial charge in [-0.1, -0.05) is 28.1 Å². The van der Waals surface area contributed by atoms with Crippen LogP contribution in [0.2, 0.25) is 0 Å². The molecule has 3 fully saturated rings. The van der Waals surface area contributed by atoms with Gasteiger partial charge in [-0.05, 0) is 12.1 Å². The molecule has 1 aromatic carbocycles. The van der Waals surface area contributed by atoms with Gasteiger partial charge in [-0.25, -0.2) is 0 Å². The first-order valence-electron chi connectivity index (χ1n) is 6.27. The van der Waals surface area contributed by atoms with Gasteiger partial charge in [-0.2, -0.15) is 0 Å². The number of Topliss-reactive ketones (excluding diaryl/α,β-unsaturated/α-hetero) is 2. The molecule has 2 aliphatic heterocycles. The van der Waals surface area contributed by atoms with Gasteiger partial charge in [-0.15, -0.1) is 0 Å². The Labute approximate surface area is 118 Å². The van der Waals surface area contributed by atoms with E-state index in [-0.39, 0.29) is 35.4 Å². The SMILES string of the molecule is O=C(c1ccc(Br)cc1)[C@@H]1[C@H]2C(=O)[C@H]3OC[C@@H](O3)[C@@H]12. The average molecular weight is 323 g/mol. The summed E-state index contributed by atoms with van der Waals surface area (Å²) < 4.78 is 11.7. The number of hydrogen-bond donors (Lipinski definition) is 0. The van der Waals surface area contributed by atoms with Crippen molar-refractivity contribution in [2.45, 2.75) is 12.4 Å². The van der Waals surface area contributed by atoms with Gasteiger partial charge in [0.2, 0.25) is 6.29 Å². The number of rotatable bonds is 2. The van der Waals surface area contributed by atoms with Crippen LogP contribution < -0.4 is 0 Å². The summed E-state index contributed by atoms with van der Waals surface area (Å²) in [6.45, 7) is 0.432. The Kier molecular flexibility index (Phi) is 2.46. The molecule has 0 aromatic heterocycles. The number of halogens is 1. The molecule has 4 nitrogen and oxygen atoms in total. The van der Waals surface area contributed by atoms with Crippen LogP contribution in [0, 0.1) is 17.8 Å². The Morgan fingerprint density at radius 1 is 1.26 bits per heavy atom. The van der Waals surface area contributed by atoms with Crippen molar-refractivity contribution in [2.24, 2.45) is 17.8 Å². The van der Waals surface area contributed by atoms with Crippen molar-refractivity contribution in [3.63, 3.8) is 0 Å². The van der Waals surface area contributed by atoms with Gasteiger partial charge in [0.05, 0.1) is 12.7 Å². The fraction of sp³-hybridized carbons (Fsp3) is 0.429. The molecule has 0 spiro atoms. The van der Waals surface area contributed by atoms with Gasteiger partial charge in [0.15, 0.2) is 11.6 Å². The Hall–Kier alpha value is -1.04. The normalized spacial score (nSPS) is 39.0. The molecule has 0 radical (unpaired) electrons. The fourth-order valence-electron chi connectivity index (χ4n) is 3.24. The summed E-state index contributed by atoms with van der Waals surface area (Å²) >= 11 is 3.34. The molecule has 5 heteroatoms. The molecule has 1 aliphatic carbocycles. The summed E-state index contributed by atoms with van der Waals surface area (Å²) in [5, 5.41) is 0. The number of ether oxygens (including phenoxy) is 2. The number of benzene rings is 1. The summed E-state index contributed by atoms with van der Waals surface area (Å²) in [6.07, 6.45) is -0.814. The second kappa shape index (κ2) is 3.98. The van der Waals surface area contributed by atoms with Crippen LogP contribution in [-0.4, -0.2) is 30.6 Å². The summed E-state index contributed by atoms with van der Waals surface area (Å²) in [5.74, 6) is -0.404. The van der Waals surface area contributed by atoms with Crippen molar-refractivity contribution in [3.05, 3.63) is 34.3 Å². The molecule has 2 bridgehead atoms. The van der Waals surface area contributed by atoms with Crippen molar-refractivity contribution >= 4 is 27.5 Å². The lowest BCUT2D eigenvalue weighted by Crippen LogP contribution is -2.30. The van der Waals surface area contributed by atoms with Crippen LogP contribution in [0.5, 0.6) is 0 Å². The number of ketones is 2. The molecule has 4 rings (SSSR count). The number of carbonyl (C=O) groups excluding carboxylic acids is 2. The van der Waals surface area contributed by atoms with Crippen LogP contribution in [0.4, 0.5) is 0 Å². The van der Waals surface area contributed by atoms with E-state index < -0.39 is 6.29 Å². The van der Waals surface area contributed by atoms with E-state index in [1.807, 2.05) is 12.1 Å². The third kappa shape index (κ3) is 1.65. The van der Waals surface area contributed by atoms with E-state index in [1.54, 1.807) is 12.1 Å². The van der Waals surface area contributed by atoms with E-state index in [0.717, 1.165) is 4.47 Å². The molecule has 2 heterocycles. The maximum atomic E-state index is 12.4. The molecule has 2 saturated heterocycles. The fourth-order valence-corrected chi connectivity index (χ4v) is 3.50. The smallest absolute Gasteiger partial charge is 0.218 e. The highest BCUT2D eigenvalue weighted by Gasteiger charge is 2.68. The number of hydrogen-bond acceptors (Lipinski definition) is 4. The van der Waals surface area contributed by atoms with E-state index in [1.165, 1.54) is 0 Å². The molecule has 0 amide bonds. The molecular weight excluding hydrogens is 312 g/mol. The molecule has 0 unspecified atom stereocenters. The lowest BCUT2D eigenvalue weighted by Gasteiger charge is -2.14. The van der Waals surface area contributed by atoms with E-state index in [9.17, 15) is 9.59 Å². The maximum absolute atomic E-state index is 12.4. The molecule has 1 aromatic rings. The molecule has 1 saturated carbocycles. The van der Waals surface area contributed by atoms with Crippen molar-refractivity contribution < 1.29 is 19.1 Å². The zero-order chi connectivity index (χ0) is 13.1. The summed E-state index contributed by atoms with van der Waals surface area (Å²) in [4.78, 5) is 24.5. The van der Waals surface area contributed by atoms with Crippen molar-refractivity contribution in [1.82, 2.24) is 0 Å². The third-order valence-corrected chi connectivity index (χ3v) is 4.74. The molecule has 98 valence electrons. The Balaban J connectivity index is 1.60. The summed E-state index contributed by atoms with van der Waals surface area (Å²) in [7, 11) is 0. The molecule has 5 atom stereocenters. The van der Waals surface area contributed by atoms with Gasteiger partial charge in [0.25, 0.3) is 0 Å². The average Bonchev–Trinajstić information content (AvgIpc) is 3.02. The van der Waals surface area contributed by atoms with Gasteiger partial charge < -0.3 is 9.47 Å². The van der Waals surface area contributed by atoms with Gasteiger partial charge in [0, 0.05) is 27.8 Å². The van der Waals surface area contributed by atoms with E-state index in [0.29, 0.717) is 12.2 Å². The molecule has 19 heavy (non-hydrogen) atoms. The van der Waals surface area contributed by atoms with Crippen molar-refractivity contribution in [2.75, 3.05) is 6.61 Å². The third-order valence-electron chi connectivity index (χ3n) is 4.21. The minimum absolute atomic E-state index is 0.0161. The monoisotopic (exact) mass is 322 g/mol. The van der Waals surface area contributed by atoms with Crippen molar-refractivity contribution in [3.8, 4) is 0 Å². The largest absolute Gasteiger partial charge is 0.343 e. The summed E-state index contributed by atoms with van der Waals surface area (Å²) in [5.41, 5.74) is 0.659. The number of fused-ring (bicyclic) bond motifs is 4. The zero-order valence-corrected chi connectivity index (χ0v) is 11.5. The first-order valence-corrected chi connectivity index (χ1v) is 7.06. The van der Waals surface area contributed by atoms with E-state index in [4.69, 9.17) is 9.47 Å². The van der Waals surface area contributed by atoms with Gasteiger partial charge in [-0.3, -0.25) is 9.59 Å². The predicted octanol–water partition coefficient (Wildman–Crippen LogP) is 1.82. The zero-order valence-electron chi connectivity index (χ0n) is 9.91. The van der Waals surface area contributed by atoms with Crippen LogP contribution in [0.15, 0.2) is 28.7 Å². The lowest BCUT2D eigenvalue weighted by atomic mass is 10.0. The van der Waals surface area contributed by atoms with Crippen LogP contribution in [0.25, 0.3) is 0 Å². The highest BCUT2D eigenvalue weighted by atomic mass is 79.9. The highest BCUT2D eigenvalue weighted by molar-refractivity contribution is 9.10. The van der Waals surface area contributed by atoms with Gasteiger partial charge in [0.1, 0.15) is 0 Å². The van der Waals surface area contributed by atoms with E-state index >= 15 is 0 Å². The van der Waals surface area contributed by atoms with E-state index in [2.05, 4.69) is 15.9 Å². The number of carbonyl (C=O) groups is 2. The first kappa shape index (κ1) is 11.8. The minimum atomic E-state index is -0.728. The second-order valence-electron chi connectivity index (χ2n) is 5.24. The molecule has 3 aliphatic rings. The standard InChI is InChI=1S/C14H11BrO4/c15-7-3-1-6(2-4-7)12(16)10-9-8-5-18-14(19-8)13(17)11(9)10/h1-4,8-11,14H,5H2/t8-,9+,10+,11+,14+/m1/s1. The maximum Gasteiger partial charge on any atom is 0.218 e. The minimum Gasteiger partial charge on any atom is -0.343 e. The Bertz CT molecular complexity index is 567. The van der Waals surface area contributed by atoms with Crippen LogP contribution in [-0.2, 0) is 14.3 Å². The van der Waals surface area contributed by atoms with Crippen molar-refractivity contribution in [1.29, 1.82) is 0 Å². The second-order valence-corrected chi connectivity index (χ2v) is 6.16. The van der Waals surface area contributed by atoms with Gasteiger partial charge >= 0.3 is 0 Å². The highest BCUT2D eigenvalue weighted by Crippen LogP contribution is 2.57. The van der Waals surface area contributed by atoms with Crippen LogP contribution in [0.1, 0.15) is 10.4 Å². The van der Waals surface area contributed by atoms with Crippen LogP contribution in [0.3, 0.4) is 0 Å². The first-order chi connectivity index (χ1) is 9.16. The summed E-state index contributed by atoms with van der Waals surface area (Å²) in [6, 6.07) is 7.26. The van der Waals surface area contributed by atoms with Crippen LogP contribution >= 0.6 is 15.9 Å².